The van der Waals surface area contributed by atoms with E-state index in [1.807, 2.05) is 61.7 Å². The number of benzene rings is 3. The minimum absolute atomic E-state index is 0.0437. The number of H-pyrrole nitrogens is 1. The van der Waals surface area contributed by atoms with E-state index in [-0.39, 0.29) is 16.7 Å². The summed E-state index contributed by atoms with van der Waals surface area (Å²) in [5, 5.41) is 12.5. The van der Waals surface area contributed by atoms with Crippen molar-refractivity contribution >= 4 is 28.4 Å². The van der Waals surface area contributed by atoms with E-state index >= 15 is 0 Å². The molecule has 1 amide bonds. The molecule has 6 nitrogen and oxygen atoms in total. The first-order valence-corrected chi connectivity index (χ1v) is 13.4. The summed E-state index contributed by atoms with van der Waals surface area (Å²) in [6, 6.07) is 22.2. The van der Waals surface area contributed by atoms with Crippen LogP contribution in [0.15, 0.2) is 84.6 Å². The molecule has 5 rings (SSSR count). The topological polar surface area (TPSA) is 82.6 Å². The highest BCUT2D eigenvalue weighted by Crippen LogP contribution is 2.40. The molecule has 3 aromatic carbocycles. The van der Waals surface area contributed by atoms with Crippen LogP contribution >= 0.6 is 0 Å². The predicted octanol–water partition coefficient (Wildman–Crippen LogP) is 6.53. The number of fused-ring (bicyclic) bond motifs is 1. The maximum absolute atomic E-state index is 13.4. The molecule has 6 heteroatoms. The van der Waals surface area contributed by atoms with E-state index < -0.39 is 17.7 Å². The van der Waals surface area contributed by atoms with Gasteiger partial charge in [0.25, 0.3) is 11.7 Å². The number of para-hydroxylation sites is 1. The van der Waals surface area contributed by atoms with E-state index in [0.29, 0.717) is 30.9 Å². The molecular formula is C33H34N2O4. The second-order valence-corrected chi connectivity index (χ2v) is 10.9. The lowest BCUT2D eigenvalue weighted by Gasteiger charge is -2.26. The SMILES string of the molecule is CCOc1ccc(C(O)=C2C(=O)C(=O)N(CCc3c[nH]c4ccccc34)[C@@H]2c2ccc(C(C)(C)C)cc2)cc1. The van der Waals surface area contributed by atoms with E-state index in [4.69, 9.17) is 4.74 Å². The Morgan fingerprint density at radius 2 is 1.67 bits per heavy atom. The van der Waals surface area contributed by atoms with Crippen LogP contribution in [0.25, 0.3) is 16.7 Å². The molecule has 4 aromatic rings. The third-order valence-electron chi connectivity index (χ3n) is 7.37. The lowest BCUT2D eigenvalue weighted by molar-refractivity contribution is -0.139. The number of carbonyl (C=O) groups excluding carboxylic acids is 2. The van der Waals surface area contributed by atoms with Crippen molar-refractivity contribution in [2.75, 3.05) is 13.2 Å². The number of aromatic amines is 1. The predicted molar refractivity (Wildman–Crippen MR) is 154 cm³/mol. The Morgan fingerprint density at radius 1 is 0.974 bits per heavy atom. The number of amides is 1. The zero-order chi connectivity index (χ0) is 27.7. The largest absolute Gasteiger partial charge is 0.507 e. The molecule has 2 heterocycles. The van der Waals surface area contributed by atoms with E-state index in [0.717, 1.165) is 27.6 Å². The van der Waals surface area contributed by atoms with Gasteiger partial charge in [0.1, 0.15) is 11.5 Å². The minimum atomic E-state index is -0.698. The van der Waals surface area contributed by atoms with Gasteiger partial charge in [-0.15, -0.1) is 0 Å². The molecule has 2 N–H and O–H groups in total. The van der Waals surface area contributed by atoms with Gasteiger partial charge in [-0.2, -0.15) is 0 Å². The molecule has 39 heavy (non-hydrogen) atoms. The van der Waals surface area contributed by atoms with E-state index in [9.17, 15) is 14.7 Å². The van der Waals surface area contributed by atoms with E-state index in [2.05, 4.69) is 25.8 Å². The second-order valence-electron chi connectivity index (χ2n) is 10.9. The molecule has 200 valence electrons. The van der Waals surface area contributed by atoms with Gasteiger partial charge in [0.05, 0.1) is 18.2 Å². The summed E-state index contributed by atoms with van der Waals surface area (Å²) in [6.07, 6.45) is 2.52. The zero-order valence-corrected chi connectivity index (χ0v) is 22.8. The number of aliphatic hydroxyl groups is 1. The van der Waals surface area contributed by atoms with E-state index in [1.165, 1.54) is 0 Å². The van der Waals surface area contributed by atoms with Crippen molar-refractivity contribution in [2.24, 2.45) is 0 Å². The molecular weight excluding hydrogens is 488 g/mol. The zero-order valence-electron chi connectivity index (χ0n) is 22.8. The first kappa shape index (κ1) is 26.3. The average molecular weight is 523 g/mol. The van der Waals surface area contributed by atoms with Crippen LogP contribution in [0.3, 0.4) is 0 Å². The quantitative estimate of drug-likeness (QED) is 0.164. The first-order valence-electron chi connectivity index (χ1n) is 13.4. The number of nitrogens with zero attached hydrogens (tertiary/aromatic N) is 1. The van der Waals surface area contributed by atoms with Gasteiger partial charge in [0.2, 0.25) is 0 Å². The van der Waals surface area contributed by atoms with Crippen LogP contribution in [0.5, 0.6) is 5.75 Å². The lowest BCUT2D eigenvalue weighted by Crippen LogP contribution is -2.31. The molecule has 1 aliphatic rings. The average Bonchev–Trinajstić information content (AvgIpc) is 3.45. The number of carbonyl (C=O) groups is 2. The molecule has 1 saturated heterocycles. The van der Waals surface area contributed by atoms with Crippen molar-refractivity contribution in [3.63, 3.8) is 0 Å². The minimum Gasteiger partial charge on any atom is -0.507 e. The van der Waals surface area contributed by atoms with Crippen molar-refractivity contribution in [3.05, 3.63) is 107 Å². The first-order chi connectivity index (χ1) is 18.7. The van der Waals surface area contributed by atoms with Crippen LogP contribution < -0.4 is 4.74 Å². The molecule has 1 atom stereocenters. The highest BCUT2D eigenvalue weighted by Gasteiger charge is 2.46. The molecule has 1 aliphatic heterocycles. The number of ketones is 1. The van der Waals surface area contributed by atoms with Gasteiger partial charge in [0, 0.05) is 29.2 Å². The number of nitrogens with one attached hydrogen (secondary N) is 1. The van der Waals surface area contributed by atoms with Crippen molar-refractivity contribution in [1.82, 2.24) is 9.88 Å². The molecule has 1 aromatic heterocycles. The number of likely N-dealkylation sites (tertiary alicyclic amines) is 1. The third kappa shape index (κ3) is 5.07. The molecule has 0 bridgehead atoms. The van der Waals surface area contributed by atoms with E-state index in [1.54, 1.807) is 29.2 Å². The Hall–Kier alpha value is -4.32. The molecule has 0 aliphatic carbocycles. The van der Waals surface area contributed by atoms with Crippen molar-refractivity contribution in [3.8, 4) is 5.75 Å². The van der Waals surface area contributed by atoms with Crippen LogP contribution in [0.4, 0.5) is 0 Å². The summed E-state index contributed by atoms with van der Waals surface area (Å²) in [4.78, 5) is 31.7. The Morgan fingerprint density at radius 3 is 2.33 bits per heavy atom. The third-order valence-corrected chi connectivity index (χ3v) is 7.37. The Balaban J connectivity index is 1.55. The fourth-order valence-corrected chi connectivity index (χ4v) is 5.23. The highest BCUT2D eigenvalue weighted by atomic mass is 16.5. The smallest absolute Gasteiger partial charge is 0.295 e. The van der Waals surface area contributed by atoms with Crippen LogP contribution in [0.2, 0.25) is 0 Å². The fraction of sp³-hybridized carbons (Fsp3) is 0.273. The molecule has 0 spiro atoms. The van der Waals surface area contributed by atoms with Gasteiger partial charge in [-0.05, 0) is 65.8 Å². The Labute approximate surface area is 228 Å². The normalized spacial score (nSPS) is 17.2. The number of ether oxygens (including phenoxy) is 1. The van der Waals surface area contributed by atoms with Gasteiger partial charge >= 0.3 is 0 Å². The molecule has 1 fully saturated rings. The number of rotatable bonds is 7. The molecule has 0 radical (unpaired) electrons. The van der Waals surface area contributed by atoms with Crippen LogP contribution in [0, 0.1) is 0 Å². The van der Waals surface area contributed by atoms with Crippen molar-refractivity contribution in [2.45, 2.75) is 45.6 Å². The van der Waals surface area contributed by atoms with Crippen LogP contribution in [0.1, 0.15) is 56.0 Å². The monoisotopic (exact) mass is 522 g/mol. The van der Waals surface area contributed by atoms with Gasteiger partial charge < -0.3 is 19.7 Å². The van der Waals surface area contributed by atoms with Crippen molar-refractivity contribution < 1.29 is 19.4 Å². The standard InChI is InChI=1S/C33H34N2O4/c1-5-39-25-16-12-22(13-17-25)30(36)28-29(21-10-14-24(15-11-21)33(2,3)4)35(32(38)31(28)37)19-18-23-20-34-27-9-7-6-8-26(23)27/h6-17,20,29,34,36H,5,18-19H2,1-4H3/t29-/m1/s1. The van der Waals surface area contributed by atoms with Gasteiger partial charge in [-0.1, -0.05) is 63.2 Å². The summed E-state index contributed by atoms with van der Waals surface area (Å²) in [5.74, 6) is -0.795. The maximum atomic E-state index is 13.4. The summed E-state index contributed by atoms with van der Waals surface area (Å²) >= 11 is 0. The second kappa shape index (κ2) is 10.4. The summed E-state index contributed by atoms with van der Waals surface area (Å²) in [5.41, 5.74) is 4.55. The van der Waals surface area contributed by atoms with Crippen LogP contribution in [-0.2, 0) is 21.4 Å². The summed E-state index contributed by atoms with van der Waals surface area (Å²) in [7, 11) is 0. The van der Waals surface area contributed by atoms with Crippen molar-refractivity contribution in [1.29, 1.82) is 0 Å². The number of aromatic nitrogens is 1. The van der Waals surface area contributed by atoms with Crippen LogP contribution in [-0.4, -0.2) is 39.8 Å². The van der Waals surface area contributed by atoms with Gasteiger partial charge in [-0.25, -0.2) is 0 Å². The maximum Gasteiger partial charge on any atom is 0.295 e. The lowest BCUT2D eigenvalue weighted by atomic mass is 9.85. The summed E-state index contributed by atoms with van der Waals surface area (Å²) in [6.45, 7) is 9.18. The molecule has 0 saturated carbocycles. The number of hydrogen-bond donors (Lipinski definition) is 2. The van der Waals surface area contributed by atoms with Gasteiger partial charge in [0.15, 0.2) is 0 Å². The highest BCUT2D eigenvalue weighted by molar-refractivity contribution is 6.46. The Kier molecular flexibility index (Phi) is 7.04. The number of hydrogen-bond acceptors (Lipinski definition) is 4. The molecule has 0 unspecified atom stereocenters. The fourth-order valence-electron chi connectivity index (χ4n) is 5.23. The number of Topliss-reactive ketones (excluding diaryl/α,β-unsaturated/α-hetero) is 1. The number of aliphatic hydroxyl groups excluding tert-OH is 1. The van der Waals surface area contributed by atoms with Gasteiger partial charge in [-0.3, -0.25) is 9.59 Å². The Bertz CT molecular complexity index is 1540. The summed E-state index contributed by atoms with van der Waals surface area (Å²) < 4.78 is 5.52.